The average Bonchev–Trinajstić information content (AvgIpc) is 3.04. The van der Waals surface area contributed by atoms with Crippen molar-refractivity contribution in [3.63, 3.8) is 0 Å². The Morgan fingerprint density at radius 3 is 2.72 bits per heavy atom. The summed E-state index contributed by atoms with van der Waals surface area (Å²) in [6.07, 6.45) is 0.871. The van der Waals surface area contributed by atoms with Crippen LogP contribution in [0, 0.1) is 3.57 Å². The highest BCUT2D eigenvalue weighted by Crippen LogP contribution is 2.46. The van der Waals surface area contributed by atoms with E-state index in [4.69, 9.17) is 27.9 Å². The van der Waals surface area contributed by atoms with Crippen LogP contribution in [0.4, 0.5) is 0 Å². The molecule has 0 unspecified atom stereocenters. The van der Waals surface area contributed by atoms with Gasteiger partial charge < -0.3 is 9.30 Å². The lowest BCUT2D eigenvalue weighted by Crippen LogP contribution is -2.35. The molecule has 1 aromatic heterocycles. The second-order valence-electron chi connectivity index (χ2n) is 7.02. The van der Waals surface area contributed by atoms with Gasteiger partial charge >= 0.3 is 0 Å². The van der Waals surface area contributed by atoms with E-state index >= 15 is 0 Å². The van der Waals surface area contributed by atoms with Gasteiger partial charge in [0, 0.05) is 16.2 Å². The van der Waals surface area contributed by atoms with Crippen LogP contribution in [0.25, 0.3) is 10.9 Å². The van der Waals surface area contributed by atoms with E-state index in [0.29, 0.717) is 16.7 Å². The molecular formula is C17H21Cl2IN2O2S. The van der Waals surface area contributed by atoms with Crippen LogP contribution in [-0.4, -0.2) is 20.1 Å². The van der Waals surface area contributed by atoms with Crippen LogP contribution in [0.3, 0.4) is 0 Å². The van der Waals surface area contributed by atoms with Crippen molar-refractivity contribution in [2.24, 2.45) is 0 Å². The first-order valence-electron chi connectivity index (χ1n) is 8.17. The molecule has 2 atom stereocenters. The lowest BCUT2D eigenvalue weighted by molar-refractivity contribution is 0.344. The van der Waals surface area contributed by atoms with Gasteiger partial charge in [-0.1, -0.05) is 23.2 Å². The number of halogens is 3. The smallest absolute Gasteiger partial charge is 0.131 e. The number of aromatic nitrogens is 1. The molecule has 3 rings (SSSR count). The Bertz CT molecular complexity index is 861. The van der Waals surface area contributed by atoms with E-state index in [2.05, 4.69) is 31.9 Å². The molecule has 1 aromatic carbocycles. The SMILES string of the molecule is CCOc1cc(Cl)c(Cl)c2c1c(I)c1n2CC[C@@H]1N[S@](=O)C(C)(C)C. The molecule has 0 spiro atoms. The maximum absolute atomic E-state index is 12.6. The van der Waals surface area contributed by atoms with Gasteiger partial charge in [0.1, 0.15) is 5.75 Å². The molecule has 0 radical (unpaired) electrons. The third-order valence-corrected chi connectivity index (χ3v) is 7.72. The number of nitrogens with zero attached hydrogens (tertiary/aromatic N) is 1. The minimum absolute atomic E-state index is 0.0173. The Balaban J connectivity index is 2.15. The van der Waals surface area contributed by atoms with E-state index in [1.54, 1.807) is 6.07 Å². The highest BCUT2D eigenvalue weighted by Gasteiger charge is 2.34. The van der Waals surface area contributed by atoms with Gasteiger partial charge in [-0.25, -0.2) is 8.93 Å². The number of aryl methyl sites for hydroxylation is 1. The summed E-state index contributed by atoms with van der Waals surface area (Å²) in [5.74, 6) is 0.744. The number of nitrogens with one attached hydrogen (secondary N) is 1. The maximum atomic E-state index is 12.6. The van der Waals surface area contributed by atoms with Crippen molar-refractivity contribution < 1.29 is 8.95 Å². The summed E-state index contributed by atoms with van der Waals surface area (Å²) in [7, 11) is -1.14. The summed E-state index contributed by atoms with van der Waals surface area (Å²) >= 11 is 15.2. The fraction of sp³-hybridized carbons (Fsp3) is 0.529. The number of benzene rings is 1. The van der Waals surface area contributed by atoms with Crippen molar-refractivity contribution in [3.8, 4) is 5.75 Å². The number of hydrogen-bond acceptors (Lipinski definition) is 2. The summed E-state index contributed by atoms with van der Waals surface area (Å²) in [6.45, 7) is 9.21. The summed E-state index contributed by atoms with van der Waals surface area (Å²) in [6, 6.07) is 1.80. The van der Waals surface area contributed by atoms with Crippen molar-refractivity contribution in [3.05, 3.63) is 25.4 Å². The number of hydrogen-bond donors (Lipinski definition) is 1. The fourth-order valence-electron chi connectivity index (χ4n) is 3.08. The lowest BCUT2D eigenvalue weighted by atomic mass is 10.1. The molecule has 4 nitrogen and oxygen atoms in total. The van der Waals surface area contributed by atoms with Crippen LogP contribution >= 0.6 is 45.8 Å². The monoisotopic (exact) mass is 514 g/mol. The van der Waals surface area contributed by atoms with Crippen molar-refractivity contribution in [1.29, 1.82) is 0 Å². The van der Waals surface area contributed by atoms with Crippen LogP contribution in [0.1, 0.15) is 45.9 Å². The van der Waals surface area contributed by atoms with E-state index in [1.807, 2.05) is 27.7 Å². The van der Waals surface area contributed by atoms with E-state index in [9.17, 15) is 4.21 Å². The third kappa shape index (κ3) is 3.45. The topological polar surface area (TPSA) is 43.3 Å². The maximum Gasteiger partial charge on any atom is 0.131 e. The molecule has 0 amide bonds. The highest BCUT2D eigenvalue weighted by atomic mass is 127. The zero-order valence-corrected chi connectivity index (χ0v) is 19.1. The Morgan fingerprint density at radius 2 is 2.12 bits per heavy atom. The van der Waals surface area contributed by atoms with Gasteiger partial charge in [0.2, 0.25) is 0 Å². The first-order valence-corrected chi connectivity index (χ1v) is 11.2. The molecule has 25 heavy (non-hydrogen) atoms. The number of rotatable bonds is 4. The molecule has 1 N–H and O–H groups in total. The summed E-state index contributed by atoms with van der Waals surface area (Å²) in [5.41, 5.74) is 2.01. The van der Waals surface area contributed by atoms with Crippen LogP contribution in [0.2, 0.25) is 10.0 Å². The van der Waals surface area contributed by atoms with Gasteiger partial charge in [-0.3, -0.25) is 0 Å². The van der Waals surface area contributed by atoms with Crippen LogP contribution in [0.5, 0.6) is 5.75 Å². The van der Waals surface area contributed by atoms with Crippen molar-refractivity contribution in [2.45, 2.75) is 51.4 Å². The standard InChI is InChI=1S/C17H21Cl2IN2O2S/c1-5-24-11-8-9(18)13(19)16-12(11)14(20)15-10(6-7-22(15)16)21-25(23)17(2,3)4/h8,10,21H,5-7H2,1-4H3/t10-,25+/m0/s1. The predicted molar refractivity (Wildman–Crippen MR) is 114 cm³/mol. The average molecular weight is 515 g/mol. The van der Waals surface area contributed by atoms with Crippen molar-refractivity contribution in [1.82, 2.24) is 9.29 Å². The summed E-state index contributed by atoms with van der Waals surface area (Å²) in [4.78, 5) is 0. The lowest BCUT2D eigenvalue weighted by Gasteiger charge is -2.21. The van der Waals surface area contributed by atoms with E-state index in [0.717, 1.165) is 38.9 Å². The second kappa shape index (κ2) is 7.19. The minimum atomic E-state index is -1.14. The molecule has 0 aliphatic carbocycles. The number of ether oxygens (including phenoxy) is 1. The largest absolute Gasteiger partial charge is 0.493 e. The van der Waals surface area contributed by atoms with E-state index < -0.39 is 11.0 Å². The Morgan fingerprint density at radius 1 is 1.44 bits per heavy atom. The zero-order valence-electron chi connectivity index (χ0n) is 14.6. The first kappa shape index (κ1) is 19.7. The Hall–Kier alpha value is -0.0200. The van der Waals surface area contributed by atoms with Gasteiger partial charge in [-0.2, -0.15) is 0 Å². The quantitative estimate of drug-likeness (QED) is 0.551. The molecule has 138 valence electrons. The Kier molecular flexibility index (Phi) is 5.67. The molecule has 0 saturated heterocycles. The summed E-state index contributed by atoms with van der Waals surface area (Å²) < 4.78 is 24.6. The molecule has 0 saturated carbocycles. The van der Waals surface area contributed by atoms with Crippen LogP contribution in [-0.2, 0) is 17.5 Å². The molecule has 1 aliphatic rings. The first-order chi connectivity index (χ1) is 11.7. The molecule has 2 aromatic rings. The molecule has 2 heterocycles. The number of fused-ring (bicyclic) bond motifs is 3. The molecule has 0 fully saturated rings. The van der Waals surface area contributed by atoms with Crippen molar-refractivity contribution >= 4 is 67.7 Å². The van der Waals surface area contributed by atoms with Gasteiger partial charge in [0.25, 0.3) is 0 Å². The van der Waals surface area contributed by atoms with Crippen LogP contribution < -0.4 is 9.46 Å². The summed E-state index contributed by atoms with van der Waals surface area (Å²) in [5, 5.41) is 2.02. The fourth-order valence-corrected chi connectivity index (χ4v) is 5.55. The van der Waals surface area contributed by atoms with Crippen LogP contribution in [0.15, 0.2) is 6.07 Å². The second-order valence-corrected chi connectivity index (χ2v) is 10.9. The normalized spacial score (nSPS) is 18.6. The Labute approximate surface area is 174 Å². The van der Waals surface area contributed by atoms with Crippen molar-refractivity contribution in [2.75, 3.05) is 6.61 Å². The van der Waals surface area contributed by atoms with Gasteiger partial charge in [0.15, 0.2) is 0 Å². The van der Waals surface area contributed by atoms with Gasteiger partial charge in [0.05, 0.1) is 55.0 Å². The minimum Gasteiger partial charge on any atom is -0.493 e. The molecule has 0 bridgehead atoms. The molecule has 8 heteroatoms. The highest BCUT2D eigenvalue weighted by molar-refractivity contribution is 14.1. The van der Waals surface area contributed by atoms with Gasteiger partial charge in [-0.05, 0) is 56.7 Å². The van der Waals surface area contributed by atoms with E-state index in [-0.39, 0.29) is 10.8 Å². The van der Waals surface area contributed by atoms with E-state index in [1.165, 1.54) is 0 Å². The molecular weight excluding hydrogens is 494 g/mol. The zero-order chi connectivity index (χ0) is 18.5. The third-order valence-electron chi connectivity index (χ3n) is 4.24. The predicted octanol–water partition coefficient (Wildman–Crippen LogP) is 5.45. The molecule has 1 aliphatic heterocycles. The van der Waals surface area contributed by atoms with Gasteiger partial charge in [-0.15, -0.1) is 0 Å².